The maximum absolute atomic E-state index is 12.4. The summed E-state index contributed by atoms with van der Waals surface area (Å²) in [6.45, 7) is 1.96. The fourth-order valence-electron chi connectivity index (χ4n) is 3.02. The molecule has 124 valence electrons. The average Bonchev–Trinajstić information content (AvgIpc) is 2.94. The second kappa shape index (κ2) is 6.74. The maximum atomic E-state index is 12.4. The summed E-state index contributed by atoms with van der Waals surface area (Å²) in [5.41, 5.74) is 0.833. The van der Waals surface area contributed by atoms with E-state index >= 15 is 0 Å². The molecule has 0 radical (unpaired) electrons. The number of cyclic esters (lactones) is 1. The third-order valence-electron chi connectivity index (χ3n) is 4.10. The van der Waals surface area contributed by atoms with Gasteiger partial charge in [-0.05, 0) is 6.92 Å². The minimum Gasteiger partial charge on any atom is -0.450 e. The highest BCUT2D eigenvalue weighted by molar-refractivity contribution is 5.84. The van der Waals surface area contributed by atoms with Crippen LogP contribution in [0, 0.1) is 0 Å². The van der Waals surface area contributed by atoms with Crippen molar-refractivity contribution >= 4 is 12.1 Å². The highest BCUT2D eigenvalue weighted by atomic mass is 16.6. The van der Waals surface area contributed by atoms with Gasteiger partial charge in [0.15, 0.2) is 5.60 Å². The molecule has 1 amide bonds. The number of benzene rings is 2. The number of ether oxygens (including phenoxy) is 2. The Labute approximate surface area is 140 Å². The Balaban J connectivity index is 1.96. The summed E-state index contributed by atoms with van der Waals surface area (Å²) in [7, 11) is 0. The van der Waals surface area contributed by atoms with E-state index in [0.717, 1.165) is 11.1 Å². The molecule has 5 heteroatoms. The highest BCUT2D eigenvalue weighted by Crippen LogP contribution is 2.42. The van der Waals surface area contributed by atoms with Crippen molar-refractivity contribution in [2.24, 2.45) is 0 Å². The molecular formula is C19H19NO4. The number of esters is 1. The van der Waals surface area contributed by atoms with Crippen LogP contribution in [0.2, 0.25) is 0 Å². The predicted molar refractivity (Wildman–Crippen MR) is 88.3 cm³/mol. The lowest BCUT2D eigenvalue weighted by Gasteiger charge is -2.28. The Hall–Kier alpha value is -2.82. The first-order valence-electron chi connectivity index (χ1n) is 7.93. The largest absolute Gasteiger partial charge is 0.450 e. The molecule has 0 aliphatic carbocycles. The SMILES string of the molecule is CCOC(=O)N[C@H]1CC(c2ccccc2)(c2ccccc2)OC1=O. The molecule has 1 fully saturated rings. The van der Waals surface area contributed by atoms with Crippen LogP contribution in [-0.2, 0) is 19.9 Å². The number of hydrogen-bond acceptors (Lipinski definition) is 4. The van der Waals surface area contributed by atoms with Gasteiger partial charge in [0.05, 0.1) is 6.61 Å². The van der Waals surface area contributed by atoms with Crippen LogP contribution in [0.25, 0.3) is 0 Å². The van der Waals surface area contributed by atoms with E-state index in [0.29, 0.717) is 6.42 Å². The van der Waals surface area contributed by atoms with E-state index in [1.54, 1.807) is 6.92 Å². The minimum absolute atomic E-state index is 0.246. The number of nitrogens with one attached hydrogen (secondary N) is 1. The summed E-state index contributed by atoms with van der Waals surface area (Å²) in [5, 5.41) is 2.59. The van der Waals surface area contributed by atoms with Crippen molar-refractivity contribution in [3.05, 3.63) is 71.8 Å². The van der Waals surface area contributed by atoms with Crippen LogP contribution in [0.1, 0.15) is 24.5 Å². The quantitative estimate of drug-likeness (QED) is 0.878. The fraction of sp³-hybridized carbons (Fsp3) is 0.263. The van der Waals surface area contributed by atoms with Crippen LogP contribution >= 0.6 is 0 Å². The summed E-state index contributed by atoms with van der Waals surface area (Å²) in [4.78, 5) is 24.1. The van der Waals surface area contributed by atoms with Gasteiger partial charge in [-0.15, -0.1) is 0 Å². The molecule has 1 heterocycles. The van der Waals surface area contributed by atoms with Gasteiger partial charge >= 0.3 is 12.1 Å². The van der Waals surface area contributed by atoms with Crippen LogP contribution in [0.15, 0.2) is 60.7 Å². The van der Waals surface area contributed by atoms with Gasteiger partial charge in [-0.1, -0.05) is 60.7 Å². The summed E-state index contributed by atoms with van der Waals surface area (Å²) >= 11 is 0. The molecule has 2 aromatic rings. The molecule has 0 spiro atoms. The van der Waals surface area contributed by atoms with Crippen molar-refractivity contribution in [1.29, 1.82) is 0 Å². The summed E-state index contributed by atoms with van der Waals surface area (Å²) in [6, 6.07) is 18.4. The first-order chi connectivity index (χ1) is 11.7. The second-order valence-corrected chi connectivity index (χ2v) is 5.60. The molecule has 5 nitrogen and oxygen atoms in total. The van der Waals surface area contributed by atoms with E-state index in [1.165, 1.54) is 0 Å². The molecule has 0 bridgehead atoms. The lowest BCUT2D eigenvalue weighted by Crippen LogP contribution is -2.38. The molecule has 3 rings (SSSR count). The molecule has 1 saturated heterocycles. The van der Waals surface area contributed by atoms with Crippen LogP contribution in [-0.4, -0.2) is 24.7 Å². The van der Waals surface area contributed by atoms with Crippen LogP contribution in [0.5, 0.6) is 0 Å². The highest BCUT2D eigenvalue weighted by Gasteiger charge is 2.50. The van der Waals surface area contributed by atoms with Gasteiger partial charge in [-0.2, -0.15) is 0 Å². The van der Waals surface area contributed by atoms with Crippen LogP contribution < -0.4 is 5.32 Å². The van der Waals surface area contributed by atoms with Crippen molar-refractivity contribution in [2.45, 2.75) is 25.0 Å². The molecule has 0 unspecified atom stereocenters. The summed E-state index contributed by atoms with van der Waals surface area (Å²) < 4.78 is 10.7. The molecular weight excluding hydrogens is 306 g/mol. The molecule has 1 aliphatic rings. The Bertz CT molecular complexity index is 675. The van der Waals surface area contributed by atoms with Gasteiger partial charge in [-0.25, -0.2) is 9.59 Å². The summed E-state index contributed by atoms with van der Waals surface area (Å²) in [5.74, 6) is -0.462. The Morgan fingerprint density at radius 1 is 1.12 bits per heavy atom. The van der Waals surface area contributed by atoms with Crippen LogP contribution in [0.4, 0.5) is 4.79 Å². The Morgan fingerprint density at radius 2 is 1.67 bits per heavy atom. The first kappa shape index (κ1) is 16.1. The van der Waals surface area contributed by atoms with Crippen molar-refractivity contribution in [1.82, 2.24) is 5.32 Å². The van der Waals surface area contributed by atoms with E-state index in [-0.39, 0.29) is 6.61 Å². The predicted octanol–water partition coefficient (Wildman–Crippen LogP) is 2.99. The smallest absolute Gasteiger partial charge is 0.407 e. The van der Waals surface area contributed by atoms with Crippen molar-refractivity contribution < 1.29 is 19.1 Å². The van der Waals surface area contributed by atoms with E-state index in [1.807, 2.05) is 60.7 Å². The zero-order valence-electron chi connectivity index (χ0n) is 13.4. The number of rotatable bonds is 4. The molecule has 1 N–H and O–H groups in total. The van der Waals surface area contributed by atoms with Gasteiger partial charge in [0.1, 0.15) is 6.04 Å². The zero-order valence-corrected chi connectivity index (χ0v) is 13.4. The molecule has 1 atom stereocenters. The number of carbonyl (C=O) groups is 2. The van der Waals surface area contributed by atoms with Gasteiger partial charge in [0.25, 0.3) is 0 Å². The van der Waals surface area contributed by atoms with Gasteiger partial charge in [0.2, 0.25) is 0 Å². The van der Waals surface area contributed by atoms with Crippen LogP contribution in [0.3, 0.4) is 0 Å². The van der Waals surface area contributed by atoms with Crippen molar-refractivity contribution in [3.8, 4) is 0 Å². The lowest BCUT2D eigenvalue weighted by atomic mass is 9.83. The van der Waals surface area contributed by atoms with Crippen molar-refractivity contribution in [2.75, 3.05) is 6.61 Å². The number of alkyl carbamates (subject to hydrolysis) is 1. The minimum atomic E-state index is -0.913. The van der Waals surface area contributed by atoms with Gasteiger partial charge in [-0.3, -0.25) is 0 Å². The monoisotopic (exact) mass is 325 g/mol. The van der Waals surface area contributed by atoms with Gasteiger partial charge in [0, 0.05) is 17.5 Å². The first-order valence-corrected chi connectivity index (χ1v) is 7.93. The average molecular weight is 325 g/mol. The number of amides is 1. The third kappa shape index (κ3) is 2.97. The summed E-state index contributed by atoms with van der Waals surface area (Å²) in [6.07, 6.45) is -0.296. The third-order valence-corrected chi connectivity index (χ3v) is 4.10. The van der Waals surface area contributed by atoms with E-state index in [2.05, 4.69) is 5.32 Å². The number of carbonyl (C=O) groups excluding carboxylic acids is 2. The van der Waals surface area contributed by atoms with E-state index in [4.69, 9.17) is 9.47 Å². The Morgan fingerprint density at radius 3 is 2.17 bits per heavy atom. The lowest BCUT2D eigenvalue weighted by molar-refractivity contribution is -0.147. The second-order valence-electron chi connectivity index (χ2n) is 5.60. The molecule has 1 aliphatic heterocycles. The fourth-order valence-corrected chi connectivity index (χ4v) is 3.02. The molecule has 24 heavy (non-hydrogen) atoms. The topological polar surface area (TPSA) is 64.6 Å². The molecule has 2 aromatic carbocycles. The normalized spacial score (nSPS) is 18.7. The van der Waals surface area contributed by atoms with Gasteiger partial charge < -0.3 is 14.8 Å². The number of hydrogen-bond donors (Lipinski definition) is 1. The van der Waals surface area contributed by atoms with E-state index in [9.17, 15) is 9.59 Å². The molecule has 0 aromatic heterocycles. The molecule has 0 saturated carbocycles. The zero-order chi connectivity index (χ0) is 17.0. The standard InChI is InChI=1S/C19H19NO4/c1-2-23-18(22)20-16-13-19(24-17(16)21,14-9-5-3-6-10-14)15-11-7-4-8-12-15/h3-12,16H,2,13H2,1H3,(H,20,22)/t16-/m0/s1. The van der Waals surface area contributed by atoms with Crippen molar-refractivity contribution in [3.63, 3.8) is 0 Å². The maximum Gasteiger partial charge on any atom is 0.407 e. The van der Waals surface area contributed by atoms with E-state index < -0.39 is 23.7 Å². The Kier molecular flexibility index (Phi) is 4.51.